The van der Waals surface area contributed by atoms with Crippen molar-refractivity contribution in [2.45, 2.75) is 23.6 Å². The molecule has 0 fully saturated rings. The maximum Gasteiger partial charge on any atom is 0.260 e. The molecule has 5 heteroatoms. The van der Waals surface area contributed by atoms with Crippen molar-refractivity contribution in [3.8, 4) is 0 Å². The molecular formula is C12H13FN2OS. The number of hydrogen-bond donors (Lipinski definition) is 1. The Morgan fingerprint density at radius 3 is 3.00 bits per heavy atom. The zero-order chi connectivity index (χ0) is 12.1. The Bertz CT molecular complexity index is 473. The van der Waals surface area contributed by atoms with Gasteiger partial charge in [0.2, 0.25) is 0 Å². The van der Waals surface area contributed by atoms with Crippen LogP contribution in [0.1, 0.15) is 12.5 Å². The van der Waals surface area contributed by atoms with Crippen molar-refractivity contribution in [2.24, 2.45) is 0 Å². The Hall–Kier alpha value is -1.33. The monoisotopic (exact) mass is 252 g/mol. The van der Waals surface area contributed by atoms with E-state index in [9.17, 15) is 4.39 Å². The number of benzene rings is 1. The van der Waals surface area contributed by atoms with Gasteiger partial charge in [-0.3, -0.25) is 0 Å². The molecule has 1 N–H and O–H groups in total. The fourth-order valence-electron chi connectivity index (χ4n) is 1.36. The summed E-state index contributed by atoms with van der Waals surface area (Å²) in [4.78, 5) is 4.46. The van der Waals surface area contributed by atoms with Crippen molar-refractivity contribution in [3.63, 3.8) is 0 Å². The molecule has 0 saturated carbocycles. The topological polar surface area (TPSA) is 38.1 Å². The van der Waals surface area contributed by atoms with Gasteiger partial charge >= 0.3 is 0 Å². The van der Waals surface area contributed by atoms with E-state index in [1.165, 1.54) is 24.1 Å². The number of nitrogens with zero attached hydrogens (tertiary/aromatic N) is 1. The van der Waals surface area contributed by atoms with Gasteiger partial charge in [-0.1, -0.05) is 13.0 Å². The molecule has 0 aliphatic rings. The van der Waals surface area contributed by atoms with Crippen molar-refractivity contribution < 1.29 is 8.81 Å². The second-order valence-corrected chi connectivity index (χ2v) is 4.44. The number of hydrogen-bond acceptors (Lipinski definition) is 4. The van der Waals surface area contributed by atoms with Gasteiger partial charge in [-0.2, -0.15) is 0 Å². The molecule has 0 spiro atoms. The predicted octanol–water partition coefficient (Wildman–Crippen LogP) is 3.07. The van der Waals surface area contributed by atoms with Crippen LogP contribution in [0.2, 0.25) is 0 Å². The molecule has 0 unspecified atom stereocenters. The van der Waals surface area contributed by atoms with E-state index in [0.717, 1.165) is 12.1 Å². The van der Waals surface area contributed by atoms with Gasteiger partial charge < -0.3 is 9.73 Å². The first kappa shape index (κ1) is 12.1. The normalized spacial score (nSPS) is 10.7. The molecule has 3 nitrogen and oxygen atoms in total. The number of nitrogens with one attached hydrogen (secondary N) is 1. The third-order valence-corrected chi connectivity index (χ3v) is 3.11. The van der Waals surface area contributed by atoms with Crippen molar-refractivity contribution in [1.82, 2.24) is 10.3 Å². The molecule has 1 heterocycles. The molecule has 0 saturated heterocycles. The van der Waals surface area contributed by atoms with Crippen LogP contribution in [0, 0.1) is 5.82 Å². The van der Waals surface area contributed by atoms with Gasteiger partial charge in [0.1, 0.15) is 12.1 Å². The first-order valence-corrected chi connectivity index (χ1v) is 6.17. The highest BCUT2D eigenvalue weighted by molar-refractivity contribution is 7.99. The van der Waals surface area contributed by atoms with E-state index >= 15 is 0 Å². The highest BCUT2D eigenvalue weighted by Gasteiger charge is 2.08. The smallest absolute Gasteiger partial charge is 0.260 e. The Morgan fingerprint density at radius 1 is 1.47 bits per heavy atom. The van der Waals surface area contributed by atoms with Crippen LogP contribution in [0.3, 0.4) is 0 Å². The van der Waals surface area contributed by atoms with E-state index in [-0.39, 0.29) is 5.82 Å². The summed E-state index contributed by atoms with van der Waals surface area (Å²) in [6.45, 7) is 3.56. The minimum atomic E-state index is -0.247. The Kier molecular flexibility index (Phi) is 4.17. The van der Waals surface area contributed by atoms with Crippen LogP contribution in [0.5, 0.6) is 0 Å². The summed E-state index contributed by atoms with van der Waals surface area (Å²) in [5.74, 6) is -0.247. The van der Waals surface area contributed by atoms with Gasteiger partial charge in [-0.15, -0.1) is 0 Å². The molecule has 17 heavy (non-hydrogen) atoms. The van der Waals surface area contributed by atoms with E-state index in [1.807, 2.05) is 13.0 Å². The molecule has 0 aliphatic carbocycles. The van der Waals surface area contributed by atoms with Gasteiger partial charge in [0, 0.05) is 6.54 Å². The molecular weight excluding hydrogens is 239 g/mol. The lowest BCUT2D eigenvalue weighted by Gasteiger charge is -2.04. The van der Waals surface area contributed by atoms with Crippen molar-refractivity contribution in [3.05, 3.63) is 42.0 Å². The summed E-state index contributed by atoms with van der Waals surface area (Å²) in [5, 5.41) is 3.60. The summed E-state index contributed by atoms with van der Waals surface area (Å²) >= 11 is 1.18. The Morgan fingerprint density at radius 2 is 2.35 bits per heavy atom. The summed E-state index contributed by atoms with van der Waals surface area (Å²) in [5.41, 5.74) is 0.932. The molecule has 0 amide bonds. The molecule has 0 aliphatic heterocycles. The van der Waals surface area contributed by atoms with E-state index in [1.54, 1.807) is 12.3 Å². The molecule has 0 radical (unpaired) electrons. The predicted molar refractivity (Wildman–Crippen MR) is 64.4 cm³/mol. The lowest BCUT2D eigenvalue weighted by molar-refractivity contribution is 0.453. The quantitative estimate of drug-likeness (QED) is 0.887. The average Bonchev–Trinajstić information content (AvgIpc) is 2.82. The number of aromatic nitrogens is 1. The summed E-state index contributed by atoms with van der Waals surface area (Å²) in [7, 11) is 0. The maximum absolute atomic E-state index is 13.8. The van der Waals surface area contributed by atoms with Crippen LogP contribution < -0.4 is 5.32 Å². The largest absolute Gasteiger partial charge is 0.440 e. The van der Waals surface area contributed by atoms with Gasteiger partial charge in [-0.25, -0.2) is 9.37 Å². The van der Waals surface area contributed by atoms with Gasteiger partial charge in [0.05, 0.1) is 11.1 Å². The lowest BCUT2D eigenvalue weighted by atomic mass is 10.2. The second-order valence-electron chi connectivity index (χ2n) is 3.45. The molecule has 0 bridgehead atoms. The Balaban J connectivity index is 2.09. The van der Waals surface area contributed by atoms with Crippen LogP contribution in [0.4, 0.5) is 4.39 Å². The van der Waals surface area contributed by atoms with Crippen LogP contribution >= 0.6 is 11.8 Å². The lowest BCUT2D eigenvalue weighted by Crippen LogP contribution is -2.11. The first-order chi connectivity index (χ1) is 8.29. The first-order valence-electron chi connectivity index (χ1n) is 5.36. The molecule has 1 aromatic carbocycles. The molecule has 0 atom stereocenters. The third kappa shape index (κ3) is 3.31. The number of rotatable bonds is 5. The number of oxazole rings is 1. The molecule has 2 rings (SSSR count). The van der Waals surface area contributed by atoms with Crippen LogP contribution in [-0.2, 0) is 6.54 Å². The van der Waals surface area contributed by atoms with Gasteiger partial charge in [-0.05, 0) is 36.0 Å². The SMILES string of the molecule is CCNCc1ccc(Sc2ncco2)c(F)c1. The third-order valence-electron chi connectivity index (χ3n) is 2.18. The summed E-state index contributed by atoms with van der Waals surface area (Å²) < 4.78 is 18.8. The van der Waals surface area contributed by atoms with Crippen LogP contribution in [-0.4, -0.2) is 11.5 Å². The molecule has 2 aromatic rings. The highest BCUT2D eigenvalue weighted by atomic mass is 32.2. The maximum atomic E-state index is 13.8. The zero-order valence-electron chi connectivity index (χ0n) is 9.44. The highest BCUT2D eigenvalue weighted by Crippen LogP contribution is 2.28. The standard InChI is InChI=1S/C12H13FN2OS/c1-2-14-8-9-3-4-11(10(13)7-9)17-12-15-5-6-16-12/h3-7,14H,2,8H2,1H3. The Labute approximate surface area is 103 Å². The minimum absolute atomic E-state index is 0.247. The van der Waals surface area contributed by atoms with E-state index in [4.69, 9.17) is 4.42 Å². The van der Waals surface area contributed by atoms with Gasteiger partial charge in [0.15, 0.2) is 0 Å². The summed E-state index contributed by atoms with van der Waals surface area (Å²) in [6, 6.07) is 5.18. The van der Waals surface area contributed by atoms with Crippen molar-refractivity contribution in [1.29, 1.82) is 0 Å². The second kappa shape index (κ2) is 5.84. The zero-order valence-corrected chi connectivity index (χ0v) is 10.3. The average molecular weight is 252 g/mol. The minimum Gasteiger partial charge on any atom is -0.440 e. The summed E-state index contributed by atoms with van der Waals surface area (Å²) in [6.07, 6.45) is 3.01. The molecule has 1 aromatic heterocycles. The van der Waals surface area contributed by atoms with Crippen molar-refractivity contribution in [2.75, 3.05) is 6.54 Å². The fraction of sp³-hybridized carbons (Fsp3) is 0.250. The fourth-order valence-corrected chi connectivity index (χ4v) is 2.06. The van der Waals surface area contributed by atoms with Crippen molar-refractivity contribution >= 4 is 11.8 Å². The van der Waals surface area contributed by atoms with Gasteiger partial charge in [0.25, 0.3) is 5.22 Å². The molecule has 90 valence electrons. The van der Waals surface area contributed by atoms with Crippen LogP contribution in [0.15, 0.2) is 45.2 Å². The number of halogens is 1. The van der Waals surface area contributed by atoms with Crippen LogP contribution in [0.25, 0.3) is 0 Å². The van der Waals surface area contributed by atoms with E-state index < -0.39 is 0 Å². The van der Waals surface area contributed by atoms with E-state index in [0.29, 0.717) is 16.7 Å². The van der Waals surface area contributed by atoms with E-state index in [2.05, 4.69) is 10.3 Å².